The third-order valence-corrected chi connectivity index (χ3v) is 3.87. The van der Waals surface area contributed by atoms with E-state index in [1.54, 1.807) is 0 Å². The van der Waals surface area contributed by atoms with Gasteiger partial charge < -0.3 is 9.11 Å². The minimum Gasteiger partial charge on any atom is -0.748 e. The molecule has 80 valence electrons. The third kappa shape index (κ3) is 21.2. The summed E-state index contributed by atoms with van der Waals surface area (Å²) in [6.07, 6.45) is 0. The van der Waals surface area contributed by atoms with Crippen molar-refractivity contribution in [1.82, 2.24) is 0 Å². The molecule has 0 aromatic carbocycles. The first kappa shape index (κ1) is 21.6. The van der Waals surface area contributed by atoms with E-state index in [2.05, 4.69) is 0 Å². The van der Waals surface area contributed by atoms with Crippen LogP contribution in [0.2, 0.25) is 0 Å². The van der Waals surface area contributed by atoms with Crippen molar-refractivity contribution in [3.63, 3.8) is 0 Å². The molecule has 0 radical (unpaired) electrons. The smallest absolute Gasteiger partial charge is 0.748 e. The molecule has 0 rings (SSSR count). The van der Waals surface area contributed by atoms with Crippen molar-refractivity contribution in [3.05, 3.63) is 0 Å². The van der Waals surface area contributed by atoms with Crippen LogP contribution in [0.4, 0.5) is 0 Å². The Balaban J connectivity index is -0.000000720. The van der Waals surface area contributed by atoms with Gasteiger partial charge in [-0.05, 0) is 0 Å². The molecule has 0 aliphatic carbocycles. The molecule has 6 nitrogen and oxygen atoms in total. The van der Waals surface area contributed by atoms with Crippen LogP contribution in [0.3, 0.4) is 0 Å². The quantitative estimate of drug-likeness (QED) is 0.265. The summed E-state index contributed by atoms with van der Waals surface area (Å²) in [5, 5.41) is 0. The molecule has 0 aliphatic rings. The van der Waals surface area contributed by atoms with Crippen LogP contribution in [0.1, 0.15) is 0 Å². The molecule has 0 spiro atoms. The maximum atomic E-state index is 10.0. The zero-order valence-electron chi connectivity index (χ0n) is 8.50. The van der Waals surface area contributed by atoms with Gasteiger partial charge in [0.25, 0.3) is 0 Å². The first-order valence-electron chi connectivity index (χ1n) is 3.15. The molecule has 0 saturated carbocycles. The van der Waals surface area contributed by atoms with Crippen LogP contribution in [-0.2, 0) is 20.2 Å². The Morgan fingerprint density at radius 1 is 0.800 bits per heavy atom. The molecule has 15 heavy (non-hydrogen) atoms. The second-order valence-corrected chi connectivity index (χ2v) is 6.41. The van der Waals surface area contributed by atoms with E-state index in [1.807, 2.05) is 0 Å². The van der Waals surface area contributed by atoms with Crippen LogP contribution in [-0.4, -0.2) is 49.0 Å². The van der Waals surface area contributed by atoms with E-state index in [-0.39, 0.29) is 49.2 Å². The fourth-order valence-corrected chi connectivity index (χ4v) is 3.20. The Labute approximate surface area is 118 Å². The number of hydrogen-bond donors (Lipinski definition) is 0. The zero-order valence-corrected chi connectivity index (χ0v) is 11.0. The summed E-state index contributed by atoms with van der Waals surface area (Å²) in [5.41, 5.74) is 0. The van der Waals surface area contributed by atoms with Crippen molar-refractivity contribution in [1.29, 1.82) is 0 Å². The molecule has 0 aromatic rings. The SMILES string of the molecule is O=S(=O)([O-])CCSCCS(=O)(=O)[O-].[Li+].[Li+]. The standard InChI is InChI=1S/C4H10O6S3.2Li/c5-12(6,7)3-1-11-2-4-13(8,9)10;;/h1-4H2,(H,5,6,7)(H,8,9,10);;/q;2*+1/p-2. The van der Waals surface area contributed by atoms with E-state index in [0.29, 0.717) is 0 Å². The zero-order chi connectivity index (χ0) is 10.5. The van der Waals surface area contributed by atoms with E-state index in [0.717, 1.165) is 11.8 Å². The molecule has 0 aromatic heterocycles. The molecule has 11 heteroatoms. The van der Waals surface area contributed by atoms with Crippen LogP contribution in [0.25, 0.3) is 0 Å². The summed E-state index contributed by atoms with van der Waals surface area (Å²) >= 11 is 0.949. The molecule has 0 bridgehead atoms. The van der Waals surface area contributed by atoms with Crippen molar-refractivity contribution < 1.29 is 63.7 Å². The predicted molar refractivity (Wildman–Crippen MR) is 46.5 cm³/mol. The van der Waals surface area contributed by atoms with Gasteiger partial charge in [-0.1, -0.05) is 0 Å². The van der Waals surface area contributed by atoms with Gasteiger partial charge in [-0.25, -0.2) is 16.8 Å². The van der Waals surface area contributed by atoms with Crippen LogP contribution in [0.5, 0.6) is 0 Å². The Morgan fingerprint density at radius 2 is 1.07 bits per heavy atom. The van der Waals surface area contributed by atoms with Gasteiger partial charge in [0.2, 0.25) is 0 Å². The molecule has 0 unspecified atom stereocenters. The van der Waals surface area contributed by atoms with Gasteiger partial charge >= 0.3 is 37.7 Å². The third-order valence-electron chi connectivity index (χ3n) is 0.955. The number of thioether (sulfide) groups is 1. The Morgan fingerprint density at radius 3 is 1.27 bits per heavy atom. The van der Waals surface area contributed by atoms with Crippen LogP contribution in [0, 0.1) is 0 Å². The minimum absolute atomic E-state index is 0. The molecule has 0 aliphatic heterocycles. The summed E-state index contributed by atoms with van der Waals surface area (Å²) in [6.45, 7) is 0. The van der Waals surface area contributed by atoms with E-state index >= 15 is 0 Å². The molecule has 0 amide bonds. The summed E-state index contributed by atoms with van der Waals surface area (Å²) in [6, 6.07) is 0. The number of rotatable bonds is 6. The van der Waals surface area contributed by atoms with E-state index in [4.69, 9.17) is 0 Å². The van der Waals surface area contributed by atoms with Gasteiger partial charge in [0.15, 0.2) is 0 Å². The molecular formula is C4H8Li2O6S3. The summed E-state index contributed by atoms with van der Waals surface area (Å²) in [4.78, 5) is 0. The van der Waals surface area contributed by atoms with Crippen LogP contribution >= 0.6 is 11.8 Å². The van der Waals surface area contributed by atoms with E-state index in [1.165, 1.54) is 0 Å². The Kier molecular flexibility index (Phi) is 13.6. The molecule has 0 heterocycles. The van der Waals surface area contributed by atoms with Gasteiger partial charge in [0, 0.05) is 23.0 Å². The fourth-order valence-electron chi connectivity index (χ4n) is 0.424. The fraction of sp³-hybridized carbons (Fsp3) is 1.00. The molecular weight excluding hydrogens is 254 g/mol. The molecule has 0 saturated heterocycles. The normalized spacial score (nSPS) is 11.3. The van der Waals surface area contributed by atoms with Gasteiger partial charge in [-0.3, -0.25) is 0 Å². The average Bonchev–Trinajstić information content (AvgIpc) is 1.81. The molecule has 0 fully saturated rings. The predicted octanol–water partition coefficient (Wildman–Crippen LogP) is -7.18. The largest absolute Gasteiger partial charge is 1.00 e. The van der Waals surface area contributed by atoms with Gasteiger partial charge in [0.1, 0.15) is 0 Å². The van der Waals surface area contributed by atoms with Crippen molar-refractivity contribution in [2.45, 2.75) is 0 Å². The maximum Gasteiger partial charge on any atom is 1.00 e. The van der Waals surface area contributed by atoms with Crippen molar-refractivity contribution >= 4 is 32.0 Å². The maximum absolute atomic E-state index is 10.0. The molecule has 0 atom stereocenters. The van der Waals surface area contributed by atoms with Crippen molar-refractivity contribution in [3.8, 4) is 0 Å². The first-order chi connectivity index (χ1) is 5.71. The van der Waals surface area contributed by atoms with Gasteiger partial charge in [0.05, 0.1) is 20.2 Å². The second kappa shape index (κ2) is 9.40. The van der Waals surface area contributed by atoms with E-state index in [9.17, 15) is 25.9 Å². The van der Waals surface area contributed by atoms with Crippen molar-refractivity contribution in [2.75, 3.05) is 23.0 Å². The monoisotopic (exact) mass is 262 g/mol. The van der Waals surface area contributed by atoms with Crippen molar-refractivity contribution in [2.24, 2.45) is 0 Å². The van der Waals surface area contributed by atoms with Gasteiger partial charge in [-0.15, -0.1) is 0 Å². The summed E-state index contributed by atoms with van der Waals surface area (Å²) in [7, 11) is -8.48. The van der Waals surface area contributed by atoms with Gasteiger partial charge in [-0.2, -0.15) is 11.8 Å². The van der Waals surface area contributed by atoms with Crippen LogP contribution in [0.15, 0.2) is 0 Å². The second-order valence-electron chi connectivity index (χ2n) is 2.14. The summed E-state index contributed by atoms with van der Waals surface area (Å²) in [5.74, 6) is -1.06. The van der Waals surface area contributed by atoms with E-state index < -0.39 is 31.7 Å². The minimum atomic E-state index is -4.24. The molecule has 0 N–H and O–H groups in total. The first-order valence-corrected chi connectivity index (χ1v) is 7.46. The Hall–Kier alpha value is 1.36. The van der Waals surface area contributed by atoms with Crippen LogP contribution < -0.4 is 37.7 Å². The topological polar surface area (TPSA) is 114 Å². The average molecular weight is 262 g/mol. The number of hydrogen-bond acceptors (Lipinski definition) is 7. The summed E-state index contributed by atoms with van der Waals surface area (Å²) < 4.78 is 60.3. The Bertz CT molecular complexity index is 301.